The van der Waals surface area contributed by atoms with Crippen molar-refractivity contribution in [2.24, 2.45) is 0 Å². The van der Waals surface area contributed by atoms with Gasteiger partial charge in [-0.05, 0) is 13.0 Å². The van der Waals surface area contributed by atoms with E-state index in [0.717, 1.165) is 29.0 Å². The highest BCUT2D eigenvalue weighted by molar-refractivity contribution is 7.99. The third kappa shape index (κ3) is 4.91. The molecule has 12 heteroatoms. The standard InChI is InChI=1S/C18H17N7O4S/c1-11-5-7-12(8-6-11)16-21-23-18(24(16)19)30-10-15(26)20-22-17(27)13-3-2-4-14(9-13)25(28)29/h2-9H,10,19H2,1H3,(H,20,26)(H,22,27). The predicted octanol–water partition coefficient (Wildman–Crippen LogP) is 1.43. The van der Waals surface area contributed by atoms with E-state index in [2.05, 4.69) is 21.0 Å². The Balaban J connectivity index is 1.54. The van der Waals surface area contributed by atoms with Gasteiger partial charge in [0.05, 0.1) is 10.7 Å². The van der Waals surface area contributed by atoms with Gasteiger partial charge in [0.15, 0.2) is 5.82 Å². The number of nitrogens with two attached hydrogens (primary N) is 1. The lowest BCUT2D eigenvalue weighted by Gasteiger charge is -2.07. The van der Waals surface area contributed by atoms with Gasteiger partial charge in [0.25, 0.3) is 11.6 Å². The number of nitrogens with zero attached hydrogens (tertiary/aromatic N) is 4. The van der Waals surface area contributed by atoms with Crippen LogP contribution in [0.4, 0.5) is 5.69 Å². The second-order valence-electron chi connectivity index (χ2n) is 6.14. The number of aromatic nitrogens is 3. The molecule has 0 saturated heterocycles. The summed E-state index contributed by atoms with van der Waals surface area (Å²) in [6.45, 7) is 1.97. The van der Waals surface area contributed by atoms with E-state index < -0.39 is 16.7 Å². The first-order valence-corrected chi connectivity index (χ1v) is 9.57. The van der Waals surface area contributed by atoms with Crippen molar-refractivity contribution >= 4 is 29.3 Å². The molecule has 0 aliphatic rings. The molecule has 1 aromatic heterocycles. The van der Waals surface area contributed by atoms with Crippen LogP contribution >= 0.6 is 11.8 Å². The number of carbonyl (C=O) groups excluding carboxylic acids is 2. The van der Waals surface area contributed by atoms with Gasteiger partial charge >= 0.3 is 0 Å². The molecule has 4 N–H and O–H groups in total. The number of nitro groups is 1. The molecule has 154 valence electrons. The highest BCUT2D eigenvalue weighted by Crippen LogP contribution is 2.21. The molecule has 0 spiro atoms. The summed E-state index contributed by atoms with van der Waals surface area (Å²) >= 11 is 1.04. The summed E-state index contributed by atoms with van der Waals surface area (Å²) in [5.74, 6) is 5.19. The van der Waals surface area contributed by atoms with E-state index in [1.54, 1.807) is 0 Å². The van der Waals surface area contributed by atoms with Crippen molar-refractivity contribution in [2.45, 2.75) is 12.1 Å². The summed E-state index contributed by atoms with van der Waals surface area (Å²) in [6.07, 6.45) is 0. The number of nitrogens with one attached hydrogen (secondary N) is 2. The van der Waals surface area contributed by atoms with E-state index in [4.69, 9.17) is 5.84 Å². The number of benzene rings is 2. The maximum absolute atomic E-state index is 12.0. The number of amides is 2. The molecular weight excluding hydrogens is 410 g/mol. The quantitative estimate of drug-likeness (QED) is 0.231. The van der Waals surface area contributed by atoms with Gasteiger partial charge in [-0.15, -0.1) is 10.2 Å². The minimum Gasteiger partial charge on any atom is -0.335 e. The topological polar surface area (TPSA) is 158 Å². The fourth-order valence-electron chi connectivity index (χ4n) is 2.40. The number of thioether (sulfide) groups is 1. The molecule has 3 aromatic rings. The molecule has 0 atom stereocenters. The van der Waals surface area contributed by atoms with Gasteiger partial charge in [-0.1, -0.05) is 47.7 Å². The molecule has 11 nitrogen and oxygen atoms in total. The molecule has 0 fully saturated rings. The summed E-state index contributed by atoms with van der Waals surface area (Å²) in [6, 6.07) is 12.7. The average Bonchev–Trinajstić information content (AvgIpc) is 3.11. The second kappa shape index (κ2) is 9.05. The van der Waals surface area contributed by atoms with Crippen LogP contribution in [0.3, 0.4) is 0 Å². The van der Waals surface area contributed by atoms with Crippen molar-refractivity contribution < 1.29 is 14.5 Å². The molecule has 2 amide bonds. The van der Waals surface area contributed by atoms with E-state index in [1.165, 1.54) is 22.9 Å². The van der Waals surface area contributed by atoms with Gasteiger partial charge in [0.2, 0.25) is 11.1 Å². The number of aryl methyl sites for hydroxylation is 1. The second-order valence-corrected chi connectivity index (χ2v) is 7.08. The van der Waals surface area contributed by atoms with E-state index in [0.29, 0.717) is 11.0 Å². The van der Waals surface area contributed by atoms with Crippen LogP contribution in [-0.4, -0.2) is 37.4 Å². The number of hydrogen-bond donors (Lipinski definition) is 3. The molecule has 0 radical (unpaired) electrons. The number of non-ortho nitro benzene ring substituents is 1. The lowest BCUT2D eigenvalue weighted by Crippen LogP contribution is -2.42. The van der Waals surface area contributed by atoms with Crippen molar-refractivity contribution in [2.75, 3.05) is 11.6 Å². The molecule has 0 unspecified atom stereocenters. The maximum Gasteiger partial charge on any atom is 0.270 e. The van der Waals surface area contributed by atoms with Crippen molar-refractivity contribution in [3.8, 4) is 11.4 Å². The maximum atomic E-state index is 12.0. The zero-order chi connectivity index (χ0) is 21.7. The molecule has 0 saturated carbocycles. The van der Waals surface area contributed by atoms with Gasteiger partial charge in [-0.25, -0.2) is 4.68 Å². The highest BCUT2D eigenvalue weighted by atomic mass is 32.2. The minimum absolute atomic E-state index is 0.0431. The van der Waals surface area contributed by atoms with Crippen LogP contribution in [0.15, 0.2) is 53.7 Å². The number of carbonyl (C=O) groups is 2. The summed E-state index contributed by atoms with van der Waals surface area (Å²) in [7, 11) is 0. The fraction of sp³-hybridized carbons (Fsp3) is 0.111. The van der Waals surface area contributed by atoms with Crippen molar-refractivity contribution in [3.05, 3.63) is 69.8 Å². The number of nitrogen functional groups attached to an aromatic ring is 1. The molecule has 0 aliphatic carbocycles. The number of hydrazine groups is 1. The number of nitro benzene ring substituents is 1. The van der Waals surface area contributed by atoms with Crippen molar-refractivity contribution in [1.82, 2.24) is 25.7 Å². The zero-order valence-corrected chi connectivity index (χ0v) is 16.5. The molecule has 2 aromatic carbocycles. The van der Waals surface area contributed by atoms with Crippen LogP contribution in [0.25, 0.3) is 11.4 Å². The lowest BCUT2D eigenvalue weighted by atomic mass is 10.1. The van der Waals surface area contributed by atoms with Gasteiger partial charge in [0, 0.05) is 23.3 Å². The number of rotatable bonds is 6. The third-order valence-electron chi connectivity index (χ3n) is 3.94. The third-order valence-corrected chi connectivity index (χ3v) is 4.88. The SMILES string of the molecule is Cc1ccc(-c2nnc(SCC(=O)NNC(=O)c3cccc([N+](=O)[O-])c3)n2N)cc1. The Hall–Kier alpha value is -3.93. The number of hydrogen-bond acceptors (Lipinski definition) is 8. The summed E-state index contributed by atoms with van der Waals surface area (Å²) in [5, 5.41) is 19.1. The Bertz CT molecular complexity index is 1100. The Morgan fingerprint density at radius 2 is 1.90 bits per heavy atom. The van der Waals surface area contributed by atoms with Crippen LogP contribution in [0.2, 0.25) is 0 Å². The summed E-state index contributed by atoms with van der Waals surface area (Å²) in [5.41, 5.74) is 6.14. The summed E-state index contributed by atoms with van der Waals surface area (Å²) < 4.78 is 1.28. The molecule has 1 heterocycles. The smallest absolute Gasteiger partial charge is 0.270 e. The first kappa shape index (κ1) is 20.8. The van der Waals surface area contributed by atoms with E-state index in [-0.39, 0.29) is 17.0 Å². The van der Waals surface area contributed by atoms with Crippen LogP contribution in [-0.2, 0) is 4.79 Å². The zero-order valence-electron chi connectivity index (χ0n) is 15.7. The van der Waals surface area contributed by atoms with Crippen molar-refractivity contribution in [3.63, 3.8) is 0 Å². The van der Waals surface area contributed by atoms with E-state index >= 15 is 0 Å². The molecule has 0 bridgehead atoms. The van der Waals surface area contributed by atoms with Crippen molar-refractivity contribution in [1.29, 1.82) is 0 Å². The van der Waals surface area contributed by atoms with Crippen LogP contribution < -0.4 is 16.7 Å². The lowest BCUT2D eigenvalue weighted by molar-refractivity contribution is -0.384. The Kier molecular flexibility index (Phi) is 6.27. The van der Waals surface area contributed by atoms with Gasteiger partial charge in [-0.3, -0.25) is 30.6 Å². The first-order chi connectivity index (χ1) is 14.3. The van der Waals surface area contributed by atoms with E-state index in [9.17, 15) is 19.7 Å². The van der Waals surface area contributed by atoms with Gasteiger partial charge < -0.3 is 5.84 Å². The Morgan fingerprint density at radius 1 is 1.17 bits per heavy atom. The average molecular weight is 427 g/mol. The molecule has 0 aliphatic heterocycles. The Labute approximate surface area is 174 Å². The highest BCUT2D eigenvalue weighted by Gasteiger charge is 2.15. The monoisotopic (exact) mass is 427 g/mol. The first-order valence-electron chi connectivity index (χ1n) is 8.59. The van der Waals surface area contributed by atoms with Gasteiger partial charge in [-0.2, -0.15) is 0 Å². The van der Waals surface area contributed by atoms with Gasteiger partial charge in [0.1, 0.15) is 0 Å². The van der Waals surface area contributed by atoms with Crippen LogP contribution in [0.5, 0.6) is 0 Å². The minimum atomic E-state index is -0.680. The molecule has 30 heavy (non-hydrogen) atoms. The normalized spacial score (nSPS) is 10.4. The van der Waals surface area contributed by atoms with Crippen LogP contribution in [0, 0.1) is 17.0 Å². The van der Waals surface area contributed by atoms with Crippen LogP contribution in [0.1, 0.15) is 15.9 Å². The largest absolute Gasteiger partial charge is 0.335 e. The predicted molar refractivity (Wildman–Crippen MR) is 110 cm³/mol. The fourth-order valence-corrected chi connectivity index (χ4v) is 3.06. The summed E-state index contributed by atoms with van der Waals surface area (Å²) in [4.78, 5) is 34.2. The molecular formula is C18H17N7O4S. The molecule has 3 rings (SSSR count). The van der Waals surface area contributed by atoms with E-state index in [1.807, 2.05) is 31.2 Å². The Morgan fingerprint density at radius 3 is 2.60 bits per heavy atom.